The predicted molar refractivity (Wildman–Crippen MR) is 66.6 cm³/mol. The Labute approximate surface area is 112 Å². The maximum atomic E-state index is 12.6. The molecule has 2 aromatic rings. The van der Waals surface area contributed by atoms with Gasteiger partial charge in [-0.15, -0.1) is 11.6 Å². The fourth-order valence-electron chi connectivity index (χ4n) is 1.95. The van der Waals surface area contributed by atoms with Crippen LogP contribution in [0.5, 0.6) is 5.75 Å². The van der Waals surface area contributed by atoms with Crippen molar-refractivity contribution in [2.45, 2.75) is 25.0 Å². The molecule has 0 amide bonds. The Bertz CT molecular complexity index is 592. The zero-order chi connectivity index (χ0) is 14.2. The molecule has 0 saturated heterocycles. The molecule has 0 aliphatic carbocycles. The summed E-state index contributed by atoms with van der Waals surface area (Å²) in [5.74, 6) is 0.607. The number of halogens is 4. The van der Waals surface area contributed by atoms with Gasteiger partial charge in [-0.2, -0.15) is 13.2 Å². The highest BCUT2D eigenvalue weighted by molar-refractivity contribution is 6.20. The maximum Gasteiger partial charge on any atom is 0.406 e. The fraction of sp³-hybridized carbons (Fsp3) is 0.417. The number of benzene rings is 1. The standard InChI is InChI=1S/C12H12ClF3N2O/c1-7(13)11-17-10-8(4-3-5-9(10)19-2)18(11)6-12(14,15)16/h3-5,7H,6H2,1-2H3. The van der Waals surface area contributed by atoms with Crippen LogP contribution in [0.2, 0.25) is 0 Å². The molecular formula is C12H12ClF3N2O. The van der Waals surface area contributed by atoms with Crippen LogP contribution in [0.15, 0.2) is 18.2 Å². The van der Waals surface area contributed by atoms with Crippen LogP contribution in [-0.2, 0) is 6.54 Å². The van der Waals surface area contributed by atoms with Crippen molar-refractivity contribution in [3.05, 3.63) is 24.0 Å². The van der Waals surface area contributed by atoms with Crippen molar-refractivity contribution in [1.82, 2.24) is 9.55 Å². The number of imidazole rings is 1. The predicted octanol–water partition coefficient (Wildman–Crippen LogP) is 3.91. The molecule has 0 radical (unpaired) electrons. The van der Waals surface area contributed by atoms with E-state index < -0.39 is 18.1 Å². The molecule has 1 atom stereocenters. The number of fused-ring (bicyclic) bond motifs is 1. The van der Waals surface area contributed by atoms with Crippen molar-refractivity contribution in [2.75, 3.05) is 7.11 Å². The van der Waals surface area contributed by atoms with Gasteiger partial charge < -0.3 is 9.30 Å². The van der Waals surface area contributed by atoms with Gasteiger partial charge in [0.15, 0.2) is 0 Å². The molecule has 0 spiro atoms. The number of alkyl halides is 4. The number of rotatable bonds is 3. The Morgan fingerprint density at radius 2 is 2.11 bits per heavy atom. The SMILES string of the molecule is COc1cccc2c1nc(C(C)Cl)n2CC(F)(F)F. The molecule has 0 aliphatic heterocycles. The molecule has 1 heterocycles. The second kappa shape index (κ2) is 4.92. The Morgan fingerprint density at radius 1 is 1.42 bits per heavy atom. The molecule has 7 heteroatoms. The second-order valence-electron chi connectivity index (χ2n) is 4.12. The van der Waals surface area contributed by atoms with E-state index in [9.17, 15) is 13.2 Å². The molecule has 1 aromatic heterocycles. The molecule has 0 saturated carbocycles. The van der Waals surface area contributed by atoms with Crippen LogP contribution < -0.4 is 4.74 Å². The second-order valence-corrected chi connectivity index (χ2v) is 4.77. The Morgan fingerprint density at radius 3 is 2.63 bits per heavy atom. The summed E-state index contributed by atoms with van der Waals surface area (Å²) in [6.07, 6.45) is -4.34. The van der Waals surface area contributed by atoms with Crippen LogP contribution >= 0.6 is 11.6 Å². The van der Waals surface area contributed by atoms with E-state index in [1.807, 2.05) is 0 Å². The van der Waals surface area contributed by atoms with E-state index >= 15 is 0 Å². The van der Waals surface area contributed by atoms with E-state index in [4.69, 9.17) is 16.3 Å². The number of para-hydroxylation sites is 1. The average molecular weight is 293 g/mol. The summed E-state index contributed by atoms with van der Waals surface area (Å²) in [4.78, 5) is 4.17. The smallest absolute Gasteiger partial charge is 0.406 e. The summed E-state index contributed by atoms with van der Waals surface area (Å²) in [5.41, 5.74) is 0.746. The van der Waals surface area contributed by atoms with E-state index in [1.54, 1.807) is 25.1 Å². The van der Waals surface area contributed by atoms with Gasteiger partial charge in [-0.1, -0.05) is 6.07 Å². The molecule has 19 heavy (non-hydrogen) atoms. The lowest BCUT2D eigenvalue weighted by Crippen LogP contribution is -2.19. The van der Waals surface area contributed by atoms with Crippen molar-refractivity contribution in [2.24, 2.45) is 0 Å². The van der Waals surface area contributed by atoms with Crippen molar-refractivity contribution in [1.29, 1.82) is 0 Å². The van der Waals surface area contributed by atoms with Gasteiger partial charge in [-0.25, -0.2) is 4.98 Å². The third kappa shape index (κ3) is 2.78. The molecular weight excluding hydrogens is 281 g/mol. The topological polar surface area (TPSA) is 27.1 Å². The highest BCUT2D eigenvalue weighted by atomic mass is 35.5. The summed E-state index contributed by atoms with van der Waals surface area (Å²) < 4.78 is 44.1. The number of nitrogens with zero attached hydrogens (tertiary/aromatic N) is 2. The van der Waals surface area contributed by atoms with Crippen LogP contribution in [-0.4, -0.2) is 22.8 Å². The zero-order valence-corrected chi connectivity index (χ0v) is 11.1. The normalized spacial score (nSPS) is 13.8. The zero-order valence-electron chi connectivity index (χ0n) is 10.3. The van der Waals surface area contributed by atoms with E-state index in [2.05, 4.69) is 4.98 Å². The first-order valence-corrected chi connectivity index (χ1v) is 6.01. The van der Waals surface area contributed by atoms with E-state index in [0.29, 0.717) is 16.8 Å². The molecule has 2 rings (SSSR count). The van der Waals surface area contributed by atoms with Crippen LogP contribution in [0.25, 0.3) is 11.0 Å². The van der Waals surface area contributed by atoms with Crippen LogP contribution in [0, 0.1) is 0 Å². The monoisotopic (exact) mass is 292 g/mol. The minimum absolute atomic E-state index is 0.179. The van der Waals surface area contributed by atoms with Gasteiger partial charge in [-0.3, -0.25) is 0 Å². The number of hydrogen-bond acceptors (Lipinski definition) is 2. The van der Waals surface area contributed by atoms with Gasteiger partial charge in [-0.05, 0) is 19.1 Å². The Balaban J connectivity index is 2.67. The first kappa shape index (κ1) is 14.0. The fourth-order valence-corrected chi connectivity index (χ4v) is 2.12. The third-order valence-corrected chi connectivity index (χ3v) is 2.88. The van der Waals surface area contributed by atoms with Crippen LogP contribution in [0.4, 0.5) is 13.2 Å². The van der Waals surface area contributed by atoms with Crippen LogP contribution in [0.1, 0.15) is 18.1 Å². The molecule has 0 fully saturated rings. The van der Waals surface area contributed by atoms with Crippen molar-refractivity contribution in [3.8, 4) is 5.75 Å². The van der Waals surface area contributed by atoms with Crippen molar-refractivity contribution < 1.29 is 17.9 Å². The first-order valence-electron chi connectivity index (χ1n) is 5.57. The summed E-state index contributed by atoms with van der Waals surface area (Å²) in [6.45, 7) is 0.463. The van der Waals surface area contributed by atoms with Gasteiger partial charge in [0.05, 0.1) is 18.0 Å². The van der Waals surface area contributed by atoms with E-state index in [-0.39, 0.29) is 5.82 Å². The van der Waals surface area contributed by atoms with Gasteiger partial charge in [0.1, 0.15) is 23.6 Å². The van der Waals surface area contributed by atoms with Crippen LogP contribution in [0.3, 0.4) is 0 Å². The summed E-state index contributed by atoms with van der Waals surface area (Å²) in [6, 6.07) is 4.84. The molecule has 0 aliphatic rings. The third-order valence-electron chi connectivity index (χ3n) is 2.68. The molecule has 0 bridgehead atoms. The van der Waals surface area contributed by atoms with Gasteiger partial charge in [0, 0.05) is 0 Å². The number of methoxy groups -OCH3 is 1. The summed E-state index contributed by atoms with van der Waals surface area (Å²) >= 11 is 5.91. The Hall–Kier alpha value is -1.43. The first-order chi connectivity index (χ1) is 8.83. The lowest BCUT2D eigenvalue weighted by Gasteiger charge is -2.12. The summed E-state index contributed by atoms with van der Waals surface area (Å²) in [5, 5.41) is -0.626. The molecule has 0 N–H and O–H groups in total. The van der Waals surface area contributed by atoms with E-state index in [1.165, 1.54) is 7.11 Å². The number of hydrogen-bond donors (Lipinski definition) is 0. The van der Waals surface area contributed by atoms with Gasteiger partial charge in [0.2, 0.25) is 0 Å². The van der Waals surface area contributed by atoms with Gasteiger partial charge in [0.25, 0.3) is 0 Å². The number of aromatic nitrogens is 2. The van der Waals surface area contributed by atoms with Crippen molar-refractivity contribution >= 4 is 22.6 Å². The quantitative estimate of drug-likeness (QED) is 0.802. The highest BCUT2D eigenvalue weighted by Gasteiger charge is 2.31. The largest absolute Gasteiger partial charge is 0.494 e. The molecule has 1 aromatic carbocycles. The lowest BCUT2D eigenvalue weighted by molar-refractivity contribution is -0.140. The van der Waals surface area contributed by atoms with E-state index in [0.717, 1.165) is 4.57 Å². The minimum Gasteiger partial charge on any atom is -0.494 e. The highest BCUT2D eigenvalue weighted by Crippen LogP contribution is 2.32. The van der Waals surface area contributed by atoms with Crippen molar-refractivity contribution in [3.63, 3.8) is 0 Å². The molecule has 1 unspecified atom stereocenters. The summed E-state index contributed by atoms with van der Waals surface area (Å²) in [7, 11) is 1.45. The molecule has 104 valence electrons. The minimum atomic E-state index is -4.34. The molecule has 3 nitrogen and oxygen atoms in total. The number of ether oxygens (including phenoxy) is 1. The van der Waals surface area contributed by atoms with Gasteiger partial charge >= 0.3 is 6.18 Å². The Kier molecular flexibility index (Phi) is 3.62. The maximum absolute atomic E-state index is 12.6. The lowest BCUT2D eigenvalue weighted by atomic mass is 10.3. The average Bonchev–Trinajstić information content (AvgIpc) is 2.66.